The van der Waals surface area contributed by atoms with Gasteiger partial charge in [-0.2, -0.15) is 0 Å². The lowest BCUT2D eigenvalue weighted by Crippen LogP contribution is -2.39. The molecule has 2 atom stereocenters. The molecule has 0 bridgehead atoms. The van der Waals surface area contributed by atoms with Crippen LogP contribution in [-0.2, 0) is 0 Å². The molecular formula is C18H23NO. The van der Waals surface area contributed by atoms with Crippen molar-refractivity contribution in [1.29, 1.82) is 0 Å². The average Bonchev–Trinajstić information content (AvgIpc) is 3.10. The van der Waals surface area contributed by atoms with Gasteiger partial charge in [0.05, 0.1) is 0 Å². The molecule has 1 aliphatic heterocycles. The Morgan fingerprint density at radius 2 is 1.90 bits per heavy atom. The lowest BCUT2D eigenvalue weighted by atomic mass is 9.90. The maximum Gasteiger partial charge on any atom is 0.129 e. The summed E-state index contributed by atoms with van der Waals surface area (Å²) >= 11 is 0. The number of nitrogens with zero attached hydrogens (tertiary/aromatic N) is 1. The summed E-state index contributed by atoms with van der Waals surface area (Å²) in [6, 6.07) is 9.97. The third-order valence-corrected chi connectivity index (χ3v) is 4.66. The third-order valence-electron chi connectivity index (χ3n) is 4.66. The zero-order valence-corrected chi connectivity index (χ0v) is 12.0. The van der Waals surface area contributed by atoms with Crippen LogP contribution < -0.4 is 0 Å². The van der Waals surface area contributed by atoms with Crippen molar-refractivity contribution < 1.29 is 5.11 Å². The van der Waals surface area contributed by atoms with Crippen molar-refractivity contribution in [3.63, 3.8) is 0 Å². The number of benzene rings is 1. The zero-order valence-electron chi connectivity index (χ0n) is 12.0. The predicted octanol–water partition coefficient (Wildman–Crippen LogP) is 2.67. The van der Waals surface area contributed by atoms with Crippen LogP contribution in [0.3, 0.4) is 0 Å². The summed E-state index contributed by atoms with van der Waals surface area (Å²) in [5.41, 5.74) is 0.214. The molecule has 0 spiro atoms. The molecule has 1 aromatic carbocycles. The molecule has 20 heavy (non-hydrogen) atoms. The minimum atomic E-state index is -0.779. The van der Waals surface area contributed by atoms with Crippen LogP contribution in [0, 0.1) is 17.8 Å². The Kier molecular flexibility index (Phi) is 4.10. The molecule has 1 heterocycles. The van der Waals surface area contributed by atoms with Crippen LogP contribution in [0.1, 0.15) is 37.7 Å². The Morgan fingerprint density at radius 3 is 2.65 bits per heavy atom. The van der Waals surface area contributed by atoms with E-state index in [2.05, 4.69) is 16.7 Å². The highest BCUT2D eigenvalue weighted by Crippen LogP contribution is 2.36. The number of hydrogen-bond donors (Lipinski definition) is 1. The molecule has 2 nitrogen and oxygen atoms in total. The van der Waals surface area contributed by atoms with Crippen molar-refractivity contribution >= 4 is 0 Å². The molecule has 1 aliphatic carbocycles. The molecule has 3 rings (SSSR count). The normalized spacial score (nSPS) is 30.1. The zero-order chi connectivity index (χ0) is 13.8. The Hall–Kier alpha value is -1.30. The summed E-state index contributed by atoms with van der Waals surface area (Å²) in [6.07, 6.45) is 5.64. The number of rotatable bonds is 2. The fraction of sp³-hybridized carbons (Fsp3) is 0.556. The molecule has 1 saturated heterocycles. The van der Waals surface area contributed by atoms with Gasteiger partial charge >= 0.3 is 0 Å². The lowest BCUT2D eigenvalue weighted by Gasteiger charge is -2.28. The van der Waals surface area contributed by atoms with Crippen LogP contribution in [0.25, 0.3) is 0 Å². The first-order chi connectivity index (χ1) is 9.76. The van der Waals surface area contributed by atoms with E-state index in [0.29, 0.717) is 5.92 Å². The van der Waals surface area contributed by atoms with Gasteiger partial charge in [-0.1, -0.05) is 30.0 Å². The molecule has 2 heteroatoms. The molecule has 0 radical (unpaired) electrons. The first-order valence-corrected chi connectivity index (χ1v) is 7.79. The van der Waals surface area contributed by atoms with E-state index in [1.807, 2.05) is 30.3 Å². The van der Waals surface area contributed by atoms with Gasteiger partial charge in [-0.25, -0.2) is 0 Å². The van der Waals surface area contributed by atoms with Gasteiger partial charge < -0.3 is 10.0 Å². The van der Waals surface area contributed by atoms with Gasteiger partial charge in [-0.3, -0.25) is 0 Å². The van der Waals surface area contributed by atoms with Gasteiger partial charge in [0.1, 0.15) is 5.60 Å². The Bertz CT molecular complexity index is 495. The van der Waals surface area contributed by atoms with Crippen LogP contribution in [-0.4, -0.2) is 35.2 Å². The van der Waals surface area contributed by atoms with Crippen LogP contribution in [0.2, 0.25) is 0 Å². The smallest absolute Gasteiger partial charge is 0.129 e. The van der Waals surface area contributed by atoms with Gasteiger partial charge in [0, 0.05) is 18.0 Å². The minimum absolute atomic E-state index is 0.316. The Morgan fingerprint density at radius 1 is 1.15 bits per heavy atom. The second-order valence-electron chi connectivity index (χ2n) is 6.14. The lowest BCUT2D eigenvalue weighted by molar-refractivity contribution is 0.0454. The molecule has 1 N–H and O–H groups in total. The van der Waals surface area contributed by atoms with Crippen molar-refractivity contribution in [3.8, 4) is 11.8 Å². The monoisotopic (exact) mass is 269 g/mol. The van der Waals surface area contributed by atoms with E-state index in [1.165, 1.54) is 25.9 Å². The molecule has 1 aromatic rings. The molecule has 0 amide bonds. The van der Waals surface area contributed by atoms with Crippen LogP contribution in [0.4, 0.5) is 0 Å². The molecule has 2 fully saturated rings. The highest BCUT2D eigenvalue weighted by molar-refractivity contribution is 5.36. The average molecular weight is 269 g/mol. The molecule has 0 aromatic heterocycles. The predicted molar refractivity (Wildman–Crippen MR) is 81.3 cm³/mol. The molecule has 106 valence electrons. The number of aliphatic hydroxyl groups is 1. The number of hydrogen-bond acceptors (Lipinski definition) is 2. The topological polar surface area (TPSA) is 23.5 Å². The van der Waals surface area contributed by atoms with Gasteiger partial charge in [0.25, 0.3) is 0 Å². The van der Waals surface area contributed by atoms with Gasteiger partial charge in [-0.05, 0) is 57.3 Å². The highest BCUT2D eigenvalue weighted by atomic mass is 16.3. The van der Waals surface area contributed by atoms with E-state index in [-0.39, 0.29) is 0 Å². The van der Waals surface area contributed by atoms with Crippen molar-refractivity contribution in [2.24, 2.45) is 5.92 Å². The first kappa shape index (κ1) is 13.7. The van der Waals surface area contributed by atoms with Crippen LogP contribution in [0.15, 0.2) is 30.3 Å². The molecule has 2 unspecified atom stereocenters. The van der Waals surface area contributed by atoms with E-state index < -0.39 is 5.60 Å². The fourth-order valence-corrected chi connectivity index (χ4v) is 3.45. The van der Waals surface area contributed by atoms with E-state index >= 15 is 0 Å². The van der Waals surface area contributed by atoms with E-state index in [1.54, 1.807) is 0 Å². The SMILES string of the molecule is OC1(C#Cc2ccccc2)CCCC1CN1CCCC1. The summed E-state index contributed by atoms with van der Waals surface area (Å²) in [7, 11) is 0. The van der Waals surface area contributed by atoms with E-state index in [9.17, 15) is 5.11 Å². The third kappa shape index (κ3) is 3.06. The van der Waals surface area contributed by atoms with E-state index in [4.69, 9.17) is 0 Å². The summed E-state index contributed by atoms with van der Waals surface area (Å²) in [4.78, 5) is 2.49. The molecular weight excluding hydrogens is 246 g/mol. The fourth-order valence-electron chi connectivity index (χ4n) is 3.45. The quantitative estimate of drug-likeness (QED) is 0.834. The second kappa shape index (κ2) is 5.99. The summed E-state index contributed by atoms with van der Waals surface area (Å²) in [5, 5.41) is 10.9. The number of likely N-dealkylation sites (tertiary alicyclic amines) is 1. The maximum absolute atomic E-state index is 10.9. The maximum atomic E-state index is 10.9. The van der Waals surface area contributed by atoms with Crippen LogP contribution >= 0.6 is 0 Å². The van der Waals surface area contributed by atoms with Crippen LogP contribution in [0.5, 0.6) is 0 Å². The molecule has 2 aliphatic rings. The summed E-state index contributed by atoms with van der Waals surface area (Å²) in [5.74, 6) is 6.66. The van der Waals surface area contributed by atoms with E-state index in [0.717, 1.165) is 31.4 Å². The van der Waals surface area contributed by atoms with Gasteiger partial charge in [0.2, 0.25) is 0 Å². The van der Waals surface area contributed by atoms with Crippen molar-refractivity contribution in [3.05, 3.63) is 35.9 Å². The molecule has 1 saturated carbocycles. The van der Waals surface area contributed by atoms with Gasteiger partial charge in [0.15, 0.2) is 0 Å². The highest BCUT2D eigenvalue weighted by Gasteiger charge is 2.40. The van der Waals surface area contributed by atoms with Gasteiger partial charge in [-0.15, -0.1) is 0 Å². The Balaban J connectivity index is 1.71. The standard InChI is InChI=1S/C18H23NO/c20-18(12-10-16-7-2-1-3-8-16)11-6-9-17(18)15-19-13-4-5-14-19/h1-3,7-8,17,20H,4-6,9,11,13-15H2. The largest absolute Gasteiger partial charge is 0.377 e. The minimum Gasteiger partial charge on any atom is -0.377 e. The van der Waals surface area contributed by atoms with Crippen molar-refractivity contribution in [2.45, 2.75) is 37.7 Å². The first-order valence-electron chi connectivity index (χ1n) is 7.79. The second-order valence-corrected chi connectivity index (χ2v) is 6.14. The summed E-state index contributed by atoms with van der Waals surface area (Å²) < 4.78 is 0. The van der Waals surface area contributed by atoms with Crippen molar-refractivity contribution in [1.82, 2.24) is 4.90 Å². The summed E-state index contributed by atoms with van der Waals surface area (Å²) in [6.45, 7) is 3.40. The van der Waals surface area contributed by atoms with Crippen molar-refractivity contribution in [2.75, 3.05) is 19.6 Å². The Labute approximate surface area is 121 Å².